The monoisotopic (exact) mass is 459 g/mol. The second kappa shape index (κ2) is 8.82. The summed E-state index contributed by atoms with van der Waals surface area (Å²) in [6.07, 6.45) is -0.281. The lowest BCUT2D eigenvalue weighted by molar-refractivity contribution is -0.252. The Labute approximate surface area is 190 Å². The molecule has 3 aromatic rings. The van der Waals surface area contributed by atoms with Crippen LogP contribution in [0, 0.1) is 12.3 Å². The zero-order valence-electron chi connectivity index (χ0n) is 19.0. The molecule has 1 saturated carbocycles. The number of aromatic nitrogens is 2. The SMILES string of the molecule is Cc1cc2nc[nH]c2cc1-c1ccc(CN(OC(=O)C(F)(F)F)C2CCC(C)(C)CC2)cc1. The summed E-state index contributed by atoms with van der Waals surface area (Å²) in [5, 5.41) is 1.22. The van der Waals surface area contributed by atoms with Crippen molar-refractivity contribution in [3.63, 3.8) is 0 Å². The van der Waals surface area contributed by atoms with Crippen LogP contribution in [0.1, 0.15) is 50.7 Å². The van der Waals surface area contributed by atoms with Crippen molar-refractivity contribution in [2.24, 2.45) is 5.41 Å². The number of nitrogens with zero attached hydrogens (tertiary/aromatic N) is 2. The van der Waals surface area contributed by atoms with Crippen molar-refractivity contribution in [2.75, 3.05) is 0 Å². The molecule has 8 heteroatoms. The smallest absolute Gasteiger partial charge is 0.360 e. The first kappa shape index (κ1) is 23.3. The summed E-state index contributed by atoms with van der Waals surface area (Å²) in [6.45, 7) is 6.42. The van der Waals surface area contributed by atoms with Gasteiger partial charge in [0.25, 0.3) is 0 Å². The van der Waals surface area contributed by atoms with E-state index in [-0.39, 0.29) is 18.0 Å². The average Bonchev–Trinajstić information content (AvgIpc) is 3.20. The van der Waals surface area contributed by atoms with Crippen molar-refractivity contribution in [1.29, 1.82) is 0 Å². The normalized spacial score (nSPS) is 16.9. The van der Waals surface area contributed by atoms with E-state index >= 15 is 0 Å². The minimum Gasteiger partial charge on any atom is -0.360 e. The molecule has 1 aliphatic rings. The number of halogens is 3. The number of hydroxylamine groups is 2. The fraction of sp³-hybridized carbons (Fsp3) is 0.440. The Morgan fingerprint density at radius 3 is 2.48 bits per heavy atom. The first-order valence-corrected chi connectivity index (χ1v) is 11.1. The Bertz CT molecular complexity index is 1130. The van der Waals surface area contributed by atoms with E-state index in [0.717, 1.165) is 46.1 Å². The lowest BCUT2D eigenvalue weighted by Gasteiger charge is -2.39. The van der Waals surface area contributed by atoms with E-state index in [1.807, 2.05) is 43.3 Å². The van der Waals surface area contributed by atoms with Crippen LogP contribution in [0.5, 0.6) is 0 Å². The standard InChI is InChI=1S/C25H28F3N3O2/c1-16-12-21-22(30-15-29-21)13-20(16)18-6-4-17(5-7-18)14-31(33-23(32)25(26,27)28)19-8-10-24(2,3)11-9-19/h4-7,12-13,15,19H,8-11,14H2,1-3H3,(H,29,30). The van der Waals surface area contributed by atoms with Gasteiger partial charge in [0.05, 0.1) is 23.9 Å². The highest BCUT2D eigenvalue weighted by Crippen LogP contribution is 2.38. The van der Waals surface area contributed by atoms with E-state index in [1.165, 1.54) is 5.06 Å². The van der Waals surface area contributed by atoms with Crippen LogP contribution in [-0.4, -0.2) is 33.2 Å². The summed E-state index contributed by atoms with van der Waals surface area (Å²) in [5.74, 6) is -2.17. The fourth-order valence-corrected chi connectivity index (χ4v) is 4.43. The number of alkyl halides is 3. The molecular formula is C25H28F3N3O2. The van der Waals surface area contributed by atoms with Crippen LogP contribution in [0.4, 0.5) is 13.2 Å². The number of hydrogen-bond acceptors (Lipinski definition) is 4. The topological polar surface area (TPSA) is 58.2 Å². The number of aryl methyl sites for hydroxylation is 1. The molecule has 0 unspecified atom stereocenters. The Kier molecular flexibility index (Phi) is 6.22. The number of carbonyl (C=O) groups excluding carboxylic acids is 1. The zero-order chi connectivity index (χ0) is 23.8. The molecule has 0 atom stereocenters. The Hall–Kier alpha value is -2.87. The number of rotatable bonds is 5. The van der Waals surface area contributed by atoms with Crippen LogP contribution in [0.2, 0.25) is 0 Å². The molecule has 1 aliphatic carbocycles. The van der Waals surface area contributed by atoms with Gasteiger partial charge in [0, 0.05) is 6.04 Å². The molecule has 2 aromatic carbocycles. The van der Waals surface area contributed by atoms with Crippen molar-refractivity contribution >= 4 is 17.0 Å². The molecule has 0 amide bonds. The van der Waals surface area contributed by atoms with Gasteiger partial charge in [-0.3, -0.25) is 0 Å². The summed E-state index contributed by atoms with van der Waals surface area (Å²) in [4.78, 5) is 23.8. The number of H-pyrrole nitrogens is 1. The molecule has 0 bridgehead atoms. The lowest BCUT2D eigenvalue weighted by atomic mass is 9.75. The molecule has 0 aliphatic heterocycles. The number of imidazole rings is 1. The molecule has 0 spiro atoms. The Morgan fingerprint density at radius 2 is 1.85 bits per heavy atom. The van der Waals surface area contributed by atoms with Gasteiger partial charge in [-0.1, -0.05) is 38.1 Å². The van der Waals surface area contributed by atoms with Gasteiger partial charge in [-0.15, -0.1) is 5.06 Å². The molecule has 1 N–H and O–H groups in total. The van der Waals surface area contributed by atoms with Crippen molar-refractivity contribution < 1.29 is 22.8 Å². The summed E-state index contributed by atoms with van der Waals surface area (Å²) >= 11 is 0. The maximum atomic E-state index is 12.9. The second-order valence-corrected chi connectivity index (χ2v) is 9.63. The third-order valence-electron chi connectivity index (χ3n) is 6.52. The number of fused-ring (bicyclic) bond motifs is 1. The first-order valence-electron chi connectivity index (χ1n) is 11.1. The van der Waals surface area contributed by atoms with Gasteiger partial charge in [0.1, 0.15) is 0 Å². The predicted octanol–water partition coefficient (Wildman–Crippen LogP) is 6.33. The van der Waals surface area contributed by atoms with E-state index in [2.05, 4.69) is 23.8 Å². The highest BCUT2D eigenvalue weighted by atomic mass is 19.4. The molecule has 4 rings (SSSR count). The van der Waals surface area contributed by atoms with E-state index in [4.69, 9.17) is 4.84 Å². The van der Waals surface area contributed by atoms with Crippen LogP contribution in [-0.2, 0) is 16.2 Å². The third-order valence-corrected chi connectivity index (χ3v) is 6.52. The molecule has 5 nitrogen and oxygen atoms in total. The first-order chi connectivity index (χ1) is 15.5. The van der Waals surface area contributed by atoms with Gasteiger partial charge >= 0.3 is 12.1 Å². The Morgan fingerprint density at radius 1 is 1.18 bits per heavy atom. The minimum atomic E-state index is -5.03. The van der Waals surface area contributed by atoms with Crippen molar-refractivity contribution in [2.45, 2.75) is 65.2 Å². The van der Waals surface area contributed by atoms with Crippen LogP contribution in [0.25, 0.3) is 22.2 Å². The number of nitrogens with one attached hydrogen (secondary N) is 1. The van der Waals surface area contributed by atoms with Gasteiger partial charge in [-0.05, 0) is 72.4 Å². The lowest BCUT2D eigenvalue weighted by Crippen LogP contribution is -2.43. The van der Waals surface area contributed by atoms with Gasteiger partial charge in [-0.25, -0.2) is 9.78 Å². The molecule has 1 aromatic heterocycles. The number of benzene rings is 2. The molecular weight excluding hydrogens is 431 g/mol. The largest absolute Gasteiger partial charge is 0.492 e. The van der Waals surface area contributed by atoms with Crippen LogP contribution in [0.15, 0.2) is 42.7 Å². The van der Waals surface area contributed by atoms with Crippen molar-refractivity contribution in [3.8, 4) is 11.1 Å². The maximum Gasteiger partial charge on any atom is 0.492 e. The van der Waals surface area contributed by atoms with Crippen molar-refractivity contribution in [1.82, 2.24) is 15.0 Å². The van der Waals surface area contributed by atoms with E-state index in [1.54, 1.807) is 6.33 Å². The van der Waals surface area contributed by atoms with E-state index < -0.39 is 12.1 Å². The van der Waals surface area contributed by atoms with Gasteiger partial charge < -0.3 is 9.82 Å². The van der Waals surface area contributed by atoms with Gasteiger partial charge in [0.2, 0.25) is 0 Å². The van der Waals surface area contributed by atoms with Gasteiger partial charge in [-0.2, -0.15) is 13.2 Å². The van der Waals surface area contributed by atoms with Gasteiger partial charge in [0.15, 0.2) is 0 Å². The highest BCUT2D eigenvalue weighted by Gasteiger charge is 2.44. The van der Waals surface area contributed by atoms with Crippen LogP contribution < -0.4 is 0 Å². The minimum absolute atomic E-state index is 0.103. The van der Waals surface area contributed by atoms with Crippen LogP contribution in [0.3, 0.4) is 0 Å². The van der Waals surface area contributed by atoms with E-state index in [9.17, 15) is 18.0 Å². The van der Waals surface area contributed by atoms with Crippen molar-refractivity contribution in [3.05, 3.63) is 53.9 Å². The number of carbonyl (C=O) groups is 1. The molecule has 1 fully saturated rings. The zero-order valence-corrected chi connectivity index (χ0v) is 19.0. The average molecular weight is 460 g/mol. The Balaban J connectivity index is 1.54. The third kappa shape index (κ3) is 5.38. The number of hydrogen-bond donors (Lipinski definition) is 1. The fourth-order valence-electron chi connectivity index (χ4n) is 4.43. The quantitative estimate of drug-likeness (QED) is 0.453. The highest BCUT2D eigenvalue weighted by molar-refractivity contribution is 5.83. The summed E-state index contributed by atoms with van der Waals surface area (Å²) < 4.78 is 38.7. The summed E-state index contributed by atoms with van der Waals surface area (Å²) in [6, 6.07) is 11.4. The molecule has 0 saturated heterocycles. The molecule has 176 valence electrons. The van der Waals surface area contributed by atoms with E-state index in [0.29, 0.717) is 12.8 Å². The molecule has 0 radical (unpaired) electrons. The summed E-state index contributed by atoms with van der Waals surface area (Å²) in [5.41, 5.74) is 5.87. The van der Waals surface area contributed by atoms with Crippen LogP contribution >= 0.6 is 0 Å². The predicted molar refractivity (Wildman–Crippen MR) is 120 cm³/mol. The summed E-state index contributed by atoms with van der Waals surface area (Å²) in [7, 11) is 0. The molecule has 1 heterocycles. The maximum absolute atomic E-state index is 12.9. The second-order valence-electron chi connectivity index (χ2n) is 9.63. The number of aromatic amines is 1. The molecule has 33 heavy (non-hydrogen) atoms.